The van der Waals surface area contributed by atoms with Crippen molar-refractivity contribution in [3.8, 4) is 0 Å². The number of unbranched alkanes of at least 4 members (excludes halogenated alkanes) is 4. The largest absolute Gasteiger partial charge is 0.418 e. The first-order valence-corrected chi connectivity index (χ1v) is 21.7. The van der Waals surface area contributed by atoms with E-state index in [1.165, 1.54) is 6.07 Å². The van der Waals surface area contributed by atoms with Crippen molar-refractivity contribution in [1.82, 2.24) is 0 Å². The Morgan fingerprint density at radius 3 is 1.48 bits per heavy atom. The van der Waals surface area contributed by atoms with Crippen LogP contribution in [0.4, 0.5) is 64.4 Å². The van der Waals surface area contributed by atoms with Crippen molar-refractivity contribution in [3.63, 3.8) is 0 Å². The standard InChI is InChI=1S/C14H20BrN3O4.C14H18F3N3O4.C11H14ClN3O4/c1-3-5-6-7-8-16(4-2)14-12(15)9-11(17(19)20)10-13(14)18(21)22;1-3-5-6-9(4-2)18-13-11(14(15,16)17)7-10(19(21)22)8-12(13)20(23)24;1-3-7(4-2)13-11-9(12)5-8(14(16)17)6-10(11)15(18)19/h9-10H,3-8H2,1-2H3;7-9,18H,3-6H2,1-2H3;5-7,13H,3-4H2,1-2H3. The first-order valence-electron chi connectivity index (χ1n) is 20.5. The highest BCUT2D eigenvalue weighted by atomic mass is 79.9. The summed E-state index contributed by atoms with van der Waals surface area (Å²) in [5, 5.41) is 71.3. The second-order valence-electron chi connectivity index (χ2n) is 14.2. The van der Waals surface area contributed by atoms with Gasteiger partial charge in [0.1, 0.15) is 17.1 Å². The summed E-state index contributed by atoms with van der Waals surface area (Å²) < 4.78 is 40.1. The summed E-state index contributed by atoms with van der Waals surface area (Å²) in [6.07, 6.45) is 3.39. The van der Waals surface area contributed by atoms with Gasteiger partial charge in [-0.05, 0) is 55.0 Å². The van der Waals surface area contributed by atoms with Gasteiger partial charge in [-0.25, -0.2) is 0 Å². The molecule has 0 aliphatic rings. The zero-order valence-corrected chi connectivity index (χ0v) is 38.9. The van der Waals surface area contributed by atoms with E-state index in [9.17, 15) is 73.9 Å². The van der Waals surface area contributed by atoms with Gasteiger partial charge in [0.25, 0.3) is 22.7 Å². The summed E-state index contributed by atoms with van der Waals surface area (Å²) in [7, 11) is 0. The lowest BCUT2D eigenvalue weighted by atomic mass is 10.0. The van der Waals surface area contributed by atoms with Crippen molar-refractivity contribution in [2.45, 2.75) is 124 Å². The second kappa shape index (κ2) is 27.4. The van der Waals surface area contributed by atoms with Crippen LogP contribution >= 0.6 is 27.5 Å². The van der Waals surface area contributed by atoms with Gasteiger partial charge in [-0.1, -0.05) is 78.3 Å². The third-order valence-corrected chi connectivity index (χ3v) is 10.7. The number of nitro benzene ring substituents is 6. The summed E-state index contributed by atoms with van der Waals surface area (Å²) in [4.78, 5) is 62.9. The van der Waals surface area contributed by atoms with E-state index in [4.69, 9.17) is 11.6 Å². The van der Waals surface area contributed by atoms with Crippen molar-refractivity contribution in [2.24, 2.45) is 0 Å². The van der Waals surface area contributed by atoms with E-state index in [0.29, 0.717) is 48.2 Å². The molecule has 0 aromatic heterocycles. The van der Waals surface area contributed by atoms with Crippen molar-refractivity contribution in [3.05, 3.63) is 112 Å². The Morgan fingerprint density at radius 2 is 1.05 bits per heavy atom. The smallest absolute Gasteiger partial charge is 0.376 e. The van der Waals surface area contributed by atoms with Crippen LogP contribution in [-0.2, 0) is 6.18 Å². The molecule has 2 N–H and O–H groups in total. The molecular weight excluding hydrogens is 959 g/mol. The Labute approximate surface area is 385 Å². The zero-order chi connectivity index (χ0) is 49.8. The van der Waals surface area contributed by atoms with Gasteiger partial charge in [0, 0.05) is 43.4 Å². The zero-order valence-electron chi connectivity index (χ0n) is 36.5. The van der Waals surface area contributed by atoms with Crippen molar-refractivity contribution >= 4 is 78.7 Å². The lowest BCUT2D eigenvalue weighted by Gasteiger charge is -2.24. The van der Waals surface area contributed by atoms with Gasteiger partial charge < -0.3 is 15.5 Å². The number of hydrogen-bond donors (Lipinski definition) is 2. The Balaban J connectivity index is 0.000000491. The number of nitrogens with one attached hydrogen (secondary N) is 2. The van der Waals surface area contributed by atoms with Crippen LogP contribution in [0, 0.1) is 60.7 Å². The lowest BCUT2D eigenvalue weighted by Crippen LogP contribution is -2.25. The average Bonchev–Trinajstić information content (AvgIpc) is 3.24. The number of anilines is 3. The van der Waals surface area contributed by atoms with Crippen LogP contribution in [0.3, 0.4) is 0 Å². The van der Waals surface area contributed by atoms with Crippen LogP contribution in [0.15, 0.2) is 40.9 Å². The van der Waals surface area contributed by atoms with E-state index >= 15 is 0 Å². The monoisotopic (exact) mass is 1010 g/mol. The molecule has 360 valence electrons. The normalized spacial score (nSPS) is 11.3. The van der Waals surface area contributed by atoms with Gasteiger partial charge in [-0.15, -0.1) is 0 Å². The molecule has 3 aromatic rings. The molecule has 3 rings (SSSR count). The number of nitrogens with zero attached hydrogens (tertiary/aromatic N) is 7. The molecule has 0 aliphatic heterocycles. The molecule has 1 atom stereocenters. The fourth-order valence-electron chi connectivity index (χ4n) is 6.22. The molecule has 0 spiro atoms. The summed E-state index contributed by atoms with van der Waals surface area (Å²) in [5.74, 6) is 0. The number of rotatable bonds is 23. The maximum absolute atomic E-state index is 13.3. The number of alkyl halides is 3. The molecule has 65 heavy (non-hydrogen) atoms. The summed E-state index contributed by atoms with van der Waals surface area (Å²) in [6, 6.07) is 4.86. The number of hydrogen-bond acceptors (Lipinski definition) is 15. The van der Waals surface area contributed by atoms with E-state index < -0.39 is 70.1 Å². The molecule has 1 unspecified atom stereocenters. The fraction of sp³-hybridized carbons (Fsp3) is 0.538. The van der Waals surface area contributed by atoms with Gasteiger partial charge in [0.05, 0.1) is 62.8 Å². The third kappa shape index (κ3) is 17.5. The van der Waals surface area contributed by atoms with E-state index in [2.05, 4.69) is 33.5 Å². The Hall–Kier alpha value is -5.98. The predicted molar refractivity (Wildman–Crippen MR) is 244 cm³/mol. The quantitative estimate of drug-likeness (QED) is 0.0507. The number of halogens is 5. The molecule has 0 aliphatic carbocycles. The Bertz CT molecular complexity index is 2150. The minimum atomic E-state index is -4.96. The van der Waals surface area contributed by atoms with E-state index in [0.717, 1.165) is 69.6 Å². The molecule has 0 saturated heterocycles. The molecule has 21 nitrogen and oxygen atoms in total. The number of non-ortho nitro benzene ring substituents is 3. The molecule has 0 bridgehead atoms. The summed E-state index contributed by atoms with van der Waals surface area (Å²) in [5.41, 5.74) is -4.81. The number of nitro groups is 6. The Morgan fingerprint density at radius 1 is 0.600 bits per heavy atom. The van der Waals surface area contributed by atoms with Gasteiger partial charge in [-0.3, -0.25) is 60.7 Å². The van der Waals surface area contributed by atoms with Crippen LogP contribution in [-0.4, -0.2) is 54.7 Å². The first-order chi connectivity index (χ1) is 30.4. The maximum Gasteiger partial charge on any atom is 0.418 e. The average molecular weight is 1010 g/mol. The van der Waals surface area contributed by atoms with Crippen LogP contribution in [0.1, 0.15) is 111 Å². The maximum atomic E-state index is 13.3. The van der Waals surface area contributed by atoms with Crippen LogP contribution in [0.2, 0.25) is 5.02 Å². The van der Waals surface area contributed by atoms with Gasteiger partial charge >= 0.3 is 17.6 Å². The van der Waals surface area contributed by atoms with Crippen LogP contribution < -0.4 is 15.5 Å². The SMILES string of the molecule is CCC(CC)Nc1c(Cl)cc([N+](=O)[O-])cc1[N+](=O)[O-].CCCCC(CC)Nc1c([N+](=O)[O-])cc([N+](=O)[O-])cc1C(F)(F)F.CCCCCCN(CC)c1c(Br)cc([N+](=O)[O-])cc1[N+](=O)[O-]. The highest BCUT2D eigenvalue weighted by molar-refractivity contribution is 9.10. The lowest BCUT2D eigenvalue weighted by molar-refractivity contribution is -0.394. The van der Waals surface area contributed by atoms with Gasteiger partial charge in [0.15, 0.2) is 0 Å². The second-order valence-corrected chi connectivity index (χ2v) is 15.5. The third-order valence-electron chi connectivity index (χ3n) is 9.77. The van der Waals surface area contributed by atoms with E-state index in [1.54, 1.807) is 6.92 Å². The first kappa shape index (κ1) is 57.0. The summed E-state index contributed by atoms with van der Waals surface area (Å²) in [6.45, 7) is 12.9. The molecule has 0 radical (unpaired) electrons. The minimum absolute atomic E-state index is 0.0206. The predicted octanol–water partition coefficient (Wildman–Crippen LogP) is 13.3. The van der Waals surface area contributed by atoms with Crippen LogP contribution in [0.25, 0.3) is 0 Å². The van der Waals surface area contributed by atoms with E-state index in [-0.39, 0.29) is 33.8 Å². The van der Waals surface area contributed by atoms with Crippen molar-refractivity contribution in [1.29, 1.82) is 0 Å². The van der Waals surface area contributed by atoms with Gasteiger partial charge in [-0.2, -0.15) is 13.2 Å². The van der Waals surface area contributed by atoms with Crippen molar-refractivity contribution < 1.29 is 42.7 Å². The molecule has 0 saturated carbocycles. The highest BCUT2D eigenvalue weighted by Crippen LogP contribution is 2.44. The van der Waals surface area contributed by atoms with Crippen molar-refractivity contribution in [2.75, 3.05) is 28.6 Å². The minimum Gasteiger partial charge on any atom is -0.376 e. The molecule has 0 fully saturated rings. The molecule has 0 amide bonds. The topological polar surface area (TPSA) is 286 Å². The van der Waals surface area contributed by atoms with Gasteiger partial charge in [0.2, 0.25) is 0 Å². The fourth-order valence-corrected chi connectivity index (χ4v) is 7.17. The molecular formula is C39H52BrClF3N9O12. The molecule has 0 heterocycles. The van der Waals surface area contributed by atoms with Crippen LogP contribution in [0.5, 0.6) is 0 Å². The highest BCUT2D eigenvalue weighted by Gasteiger charge is 2.40. The summed E-state index contributed by atoms with van der Waals surface area (Å²) >= 11 is 9.16. The van der Waals surface area contributed by atoms with E-state index in [1.807, 2.05) is 32.6 Å². The molecule has 26 heteroatoms. The number of benzene rings is 3. The molecule has 3 aromatic carbocycles. The Kier molecular flexibility index (Phi) is 24.0.